The predicted molar refractivity (Wildman–Crippen MR) is 0 cm³/mol. The van der Waals surface area contributed by atoms with Crippen LogP contribution in [0.25, 0.3) is 0 Å². The van der Waals surface area contributed by atoms with E-state index in [0.29, 0.717) is 0 Å². The van der Waals surface area contributed by atoms with Crippen LogP contribution in [-0.4, -0.2) is 0 Å². The molecule has 5 heavy (non-hydrogen) atoms. The zero-order valence-corrected chi connectivity index (χ0v) is 11.0. The normalized spacial score (nSPS) is 0. The number of hydrogen-bond acceptors (Lipinski definition) is 0. The van der Waals surface area contributed by atoms with Crippen LogP contribution < -0.4 is 0 Å². The minimum atomic E-state index is 0. The molecule has 0 aromatic rings. The zero-order chi connectivity index (χ0) is 0. The van der Waals surface area contributed by atoms with Crippen molar-refractivity contribution in [3.05, 3.63) is 0 Å². The van der Waals surface area contributed by atoms with Gasteiger partial charge in [-0.2, -0.15) is 0 Å². The molecule has 0 nitrogen and oxygen atoms in total. The monoisotopic (exact) mass is 805 g/mol. The third-order valence-corrected chi connectivity index (χ3v) is 0. The fourth-order valence-electron chi connectivity index (χ4n) is 0. The molecular weight excluding hydrogens is 807 g/mol. The average molecular weight is 807 g/mol. The van der Waals surface area contributed by atoms with Gasteiger partial charge in [-0.3, -0.25) is 0 Å². The molecule has 0 fully saturated rings. The van der Waals surface area contributed by atoms with E-state index in [9.17, 15) is 0 Å². The van der Waals surface area contributed by atoms with Gasteiger partial charge in [0.25, 0.3) is 0 Å². The molecule has 5 heteroatoms. The van der Waals surface area contributed by atoms with E-state index in [2.05, 4.69) is 0 Å². The molecular formula is Ag2Au3. The van der Waals surface area contributed by atoms with E-state index in [4.69, 9.17) is 0 Å². The van der Waals surface area contributed by atoms with Gasteiger partial charge in [0.2, 0.25) is 0 Å². The van der Waals surface area contributed by atoms with Crippen LogP contribution in [0.2, 0.25) is 0 Å². The quantitative estimate of drug-likeness (QED) is 0.303. The Hall–Kier alpha value is 3.70. The summed E-state index contributed by atoms with van der Waals surface area (Å²) in [6, 6.07) is 0. The maximum Gasteiger partial charge on any atom is 0 e. The first kappa shape index (κ1) is 37.7. The van der Waals surface area contributed by atoms with Gasteiger partial charge in [-0.25, -0.2) is 0 Å². The first-order chi connectivity index (χ1) is 0. The summed E-state index contributed by atoms with van der Waals surface area (Å²) in [5.74, 6) is 0. The van der Waals surface area contributed by atoms with Gasteiger partial charge in [0, 0.05) is 112 Å². The summed E-state index contributed by atoms with van der Waals surface area (Å²) < 4.78 is 0. The third kappa shape index (κ3) is 18.3. The first-order valence-electron chi connectivity index (χ1n) is 0. The standard InChI is InChI=1S/2Ag.3Au. The molecule has 0 N–H and O–H groups in total. The Morgan fingerprint density at radius 1 is 0.400 bits per heavy atom. The van der Waals surface area contributed by atoms with Gasteiger partial charge in [-0.05, 0) is 0 Å². The molecule has 0 unspecified atom stereocenters. The first-order valence-corrected chi connectivity index (χ1v) is 0. The Kier molecular flexibility index (Phi) is 190. The fraction of sp³-hybridized carbons (Fsp3) is 0. The summed E-state index contributed by atoms with van der Waals surface area (Å²) in [4.78, 5) is 0. The predicted octanol–water partition coefficient (Wildman–Crippen LogP) is -0.0125. The van der Waals surface area contributed by atoms with Crippen molar-refractivity contribution in [2.75, 3.05) is 0 Å². The second-order valence-electron chi connectivity index (χ2n) is 0. The van der Waals surface area contributed by atoms with Crippen molar-refractivity contribution in [2.45, 2.75) is 0 Å². The van der Waals surface area contributed by atoms with E-state index in [-0.39, 0.29) is 112 Å². The summed E-state index contributed by atoms with van der Waals surface area (Å²) in [5, 5.41) is 0. The van der Waals surface area contributed by atoms with Crippen molar-refractivity contribution in [3.63, 3.8) is 0 Å². The Bertz CT molecular complexity index is 4.85. The number of rotatable bonds is 0. The van der Waals surface area contributed by atoms with E-state index in [1.54, 1.807) is 0 Å². The van der Waals surface area contributed by atoms with Gasteiger partial charge in [-0.1, -0.05) is 0 Å². The van der Waals surface area contributed by atoms with E-state index in [1.165, 1.54) is 0 Å². The molecule has 0 spiro atoms. The summed E-state index contributed by atoms with van der Waals surface area (Å²) in [7, 11) is 0. The number of hydrogen-bond donors (Lipinski definition) is 0. The maximum atomic E-state index is 0. The van der Waals surface area contributed by atoms with Crippen LogP contribution in [0.5, 0.6) is 0 Å². The van der Waals surface area contributed by atoms with Gasteiger partial charge in [-0.15, -0.1) is 0 Å². The molecule has 55 valence electrons. The molecule has 0 atom stereocenters. The van der Waals surface area contributed by atoms with Crippen LogP contribution in [-0.2, 0) is 112 Å². The average Bonchev–Trinajstić information content (AvgIpc) is 0. The Balaban J connectivity index is 0. The summed E-state index contributed by atoms with van der Waals surface area (Å²) in [6.45, 7) is 0. The molecule has 0 saturated heterocycles. The molecule has 0 bridgehead atoms. The molecule has 0 aromatic carbocycles. The van der Waals surface area contributed by atoms with E-state index in [1.807, 2.05) is 0 Å². The molecule has 0 aliphatic heterocycles. The molecule has 0 amide bonds. The van der Waals surface area contributed by atoms with Gasteiger partial charge in [0.15, 0.2) is 0 Å². The van der Waals surface area contributed by atoms with Gasteiger partial charge < -0.3 is 0 Å². The van der Waals surface area contributed by atoms with Crippen LogP contribution >= 0.6 is 0 Å². The van der Waals surface area contributed by atoms with E-state index in [0.717, 1.165) is 0 Å². The minimum Gasteiger partial charge on any atom is 0 e. The van der Waals surface area contributed by atoms with Crippen molar-refractivity contribution in [1.82, 2.24) is 0 Å². The Morgan fingerprint density at radius 3 is 0.400 bits per heavy atom. The summed E-state index contributed by atoms with van der Waals surface area (Å²) in [5.41, 5.74) is 0. The molecule has 0 aliphatic carbocycles. The van der Waals surface area contributed by atoms with Crippen LogP contribution in [0.4, 0.5) is 0 Å². The van der Waals surface area contributed by atoms with Crippen LogP contribution in [0, 0.1) is 0 Å². The van der Waals surface area contributed by atoms with Crippen LogP contribution in [0.15, 0.2) is 0 Å². The van der Waals surface area contributed by atoms with Crippen molar-refractivity contribution in [3.8, 4) is 0 Å². The van der Waals surface area contributed by atoms with E-state index < -0.39 is 0 Å². The zero-order valence-electron chi connectivity index (χ0n) is 1.51. The van der Waals surface area contributed by atoms with Crippen LogP contribution in [0.1, 0.15) is 0 Å². The SMILES string of the molecule is [Ag].[Ag].[Au].[Au].[Au]. The molecule has 0 aromatic heterocycles. The van der Waals surface area contributed by atoms with Crippen molar-refractivity contribution < 1.29 is 112 Å². The largest absolute Gasteiger partial charge is 0 e. The van der Waals surface area contributed by atoms with Gasteiger partial charge in [0.05, 0.1) is 0 Å². The summed E-state index contributed by atoms with van der Waals surface area (Å²) in [6.07, 6.45) is 0. The fourth-order valence-corrected chi connectivity index (χ4v) is 0. The summed E-state index contributed by atoms with van der Waals surface area (Å²) >= 11 is 0. The minimum absolute atomic E-state index is 0. The van der Waals surface area contributed by atoms with E-state index >= 15 is 0 Å². The Labute approximate surface area is 110 Å². The smallest absolute Gasteiger partial charge is 0 e. The van der Waals surface area contributed by atoms with Gasteiger partial charge in [0.1, 0.15) is 0 Å². The second kappa shape index (κ2) is 25.2. The molecule has 0 rings (SSSR count). The molecule has 0 saturated carbocycles. The Morgan fingerprint density at radius 2 is 0.400 bits per heavy atom. The topological polar surface area (TPSA) is 0 Å². The van der Waals surface area contributed by atoms with Gasteiger partial charge >= 0.3 is 0 Å². The van der Waals surface area contributed by atoms with Crippen molar-refractivity contribution in [1.29, 1.82) is 0 Å². The molecule has 0 aliphatic rings. The maximum absolute atomic E-state index is 0. The second-order valence-corrected chi connectivity index (χ2v) is 0. The van der Waals surface area contributed by atoms with Crippen LogP contribution in [0.3, 0.4) is 0 Å². The van der Waals surface area contributed by atoms with Crippen molar-refractivity contribution >= 4 is 0 Å². The third-order valence-electron chi connectivity index (χ3n) is 0. The molecule has 5 radical (unpaired) electrons. The molecule has 0 heterocycles. The van der Waals surface area contributed by atoms with Crippen molar-refractivity contribution in [2.24, 2.45) is 0 Å².